The molecule has 1 aliphatic carbocycles. The average molecular weight is 368 g/mol. The van der Waals surface area contributed by atoms with Crippen molar-refractivity contribution in [3.63, 3.8) is 0 Å². The molecule has 0 spiro atoms. The van der Waals surface area contributed by atoms with Gasteiger partial charge in [-0.2, -0.15) is 0 Å². The summed E-state index contributed by atoms with van der Waals surface area (Å²) in [6, 6.07) is 0. The number of hydrogen-bond acceptors (Lipinski definition) is 6. The number of amides is 1. The van der Waals surface area contributed by atoms with E-state index in [-0.39, 0.29) is 18.6 Å². The van der Waals surface area contributed by atoms with E-state index in [0.29, 0.717) is 18.1 Å². The van der Waals surface area contributed by atoms with Gasteiger partial charge in [-0.25, -0.2) is 9.78 Å². The maximum absolute atomic E-state index is 12.7. The van der Waals surface area contributed by atoms with Crippen LogP contribution in [0.5, 0.6) is 0 Å². The Morgan fingerprint density at radius 1 is 1.52 bits per heavy atom. The zero-order valence-corrected chi connectivity index (χ0v) is 15.5. The van der Waals surface area contributed by atoms with Crippen LogP contribution < -0.4 is 5.32 Å². The number of ether oxygens (including phenoxy) is 2. The molecular weight excluding hydrogens is 344 g/mol. The molecule has 3 unspecified atom stereocenters. The van der Waals surface area contributed by atoms with Crippen molar-refractivity contribution in [3.8, 4) is 0 Å². The Balaban J connectivity index is 1.75. The van der Waals surface area contributed by atoms with E-state index in [1.165, 1.54) is 17.5 Å². The van der Waals surface area contributed by atoms with Crippen molar-refractivity contribution < 1.29 is 24.2 Å². The molecule has 7 nitrogen and oxygen atoms in total. The number of nitrogens with zero attached hydrogens (tertiary/aromatic N) is 1. The van der Waals surface area contributed by atoms with Gasteiger partial charge in [0.05, 0.1) is 12.3 Å². The predicted octanol–water partition coefficient (Wildman–Crippen LogP) is 2.38. The van der Waals surface area contributed by atoms with Crippen LogP contribution in [0.1, 0.15) is 60.8 Å². The maximum atomic E-state index is 12.7. The summed E-state index contributed by atoms with van der Waals surface area (Å²) < 4.78 is 11.2. The summed E-state index contributed by atoms with van der Waals surface area (Å²) in [7, 11) is 0. The average Bonchev–Trinajstić information content (AvgIpc) is 3.23. The fraction of sp³-hybridized carbons (Fsp3) is 0.706. The Morgan fingerprint density at radius 3 is 2.84 bits per heavy atom. The van der Waals surface area contributed by atoms with Gasteiger partial charge >= 0.3 is 5.97 Å². The van der Waals surface area contributed by atoms with Crippen LogP contribution in [0.4, 0.5) is 0 Å². The van der Waals surface area contributed by atoms with Gasteiger partial charge < -0.3 is 19.9 Å². The Kier molecular flexibility index (Phi) is 4.87. The van der Waals surface area contributed by atoms with E-state index in [1.54, 1.807) is 0 Å². The summed E-state index contributed by atoms with van der Waals surface area (Å²) >= 11 is 1.26. The van der Waals surface area contributed by atoms with Gasteiger partial charge in [0, 0.05) is 25.0 Å². The molecule has 0 aromatic carbocycles. The van der Waals surface area contributed by atoms with Crippen molar-refractivity contribution in [1.29, 1.82) is 0 Å². The molecule has 0 radical (unpaired) electrons. The third-order valence-electron chi connectivity index (χ3n) is 5.41. The van der Waals surface area contributed by atoms with Gasteiger partial charge in [-0.1, -0.05) is 13.8 Å². The number of carbonyl (C=O) groups is 2. The summed E-state index contributed by atoms with van der Waals surface area (Å²) in [5, 5.41) is 13.3. The van der Waals surface area contributed by atoms with E-state index < -0.39 is 22.8 Å². The summed E-state index contributed by atoms with van der Waals surface area (Å²) in [4.78, 5) is 29.3. The zero-order valence-electron chi connectivity index (χ0n) is 14.7. The molecule has 2 fully saturated rings. The van der Waals surface area contributed by atoms with E-state index in [2.05, 4.69) is 10.3 Å². The minimum absolute atomic E-state index is 0.0533. The lowest BCUT2D eigenvalue weighted by Gasteiger charge is -2.58. The standard InChI is InChI=1S/C17H24N2O5S/c1-4-23-12-8-17(15(21)22,16(12,2)3)19-13(20)11-9-18-14(25-11)10-6-5-7-24-10/h9-10,12H,4-8H2,1-3H3,(H,19,20)(H,21,22). The number of aliphatic carboxylic acids is 1. The third kappa shape index (κ3) is 2.96. The second kappa shape index (κ2) is 6.66. The van der Waals surface area contributed by atoms with Crippen LogP contribution in [0.15, 0.2) is 6.20 Å². The highest BCUT2D eigenvalue weighted by molar-refractivity contribution is 7.13. The Labute approximate surface area is 150 Å². The smallest absolute Gasteiger partial charge is 0.330 e. The maximum Gasteiger partial charge on any atom is 0.330 e. The van der Waals surface area contributed by atoms with Crippen LogP contribution >= 0.6 is 11.3 Å². The first-order chi connectivity index (χ1) is 11.8. The molecule has 2 heterocycles. The summed E-state index contributed by atoms with van der Waals surface area (Å²) in [6.45, 7) is 6.73. The Hall–Kier alpha value is -1.51. The highest BCUT2D eigenvalue weighted by Crippen LogP contribution is 2.51. The van der Waals surface area contributed by atoms with Crippen LogP contribution in [-0.4, -0.2) is 46.8 Å². The quantitative estimate of drug-likeness (QED) is 0.800. The Bertz CT molecular complexity index is 668. The number of carboxylic acid groups (broad SMARTS) is 1. The van der Waals surface area contributed by atoms with Crippen LogP contribution in [-0.2, 0) is 14.3 Å². The second-order valence-corrected chi connectivity index (χ2v) is 8.16. The third-order valence-corrected chi connectivity index (χ3v) is 6.50. The molecule has 3 rings (SSSR count). The minimum atomic E-state index is -1.34. The van der Waals surface area contributed by atoms with Crippen molar-refractivity contribution >= 4 is 23.2 Å². The van der Waals surface area contributed by atoms with Crippen LogP contribution in [0.25, 0.3) is 0 Å². The largest absolute Gasteiger partial charge is 0.479 e. The predicted molar refractivity (Wildman–Crippen MR) is 91.7 cm³/mol. The van der Waals surface area contributed by atoms with Crippen LogP contribution in [0, 0.1) is 5.41 Å². The zero-order chi connectivity index (χ0) is 18.2. The van der Waals surface area contributed by atoms with E-state index in [4.69, 9.17) is 9.47 Å². The summed E-state index contributed by atoms with van der Waals surface area (Å²) in [6.07, 6.45) is 3.39. The molecule has 1 aliphatic heterocycles. The molecule has 1 aromatic rings. The van der Waals surface area contributed by atoms with E-state index in [0.717, 1.165) is 17.8 Å². The van der Waals surface area contributed by atoms with Gasteiger partial charge in [-0.05, 0) is 19.8 Å². The van der Waals surface area contributed by atoms with Gasteiger partial charge in [0.15, 0.2) is 0 Å². The summed E-state index contributed by atoms with van der Waals surface area (Å²) in [5.41, 5.74) is -2.04. The molecule has 2 aliphatic rings. The summed E-state index contributed by atoms with van der Waals surface area (Å²) in [5.74, 6) is -1.45. The SMILES string of the molecule is CCOC1CC(NC(=O)c2cnc(C3CCCO3)s2)(C(=O)O)C1(C)C. The van der Waals surface area contributed by atoms with Crippen molar-refractivity contribution in [2.75, 3.05) is 13.2 Å². The monoisotopic (exact) mass is 368 g/mol. The number of aromatic nitrogens is 1. The number of carbonyl (C=O) groups excluding carboxylic acids is 1. The molecule has 138 valence electrons. The first-order valence-electron chi connectivity index (χ1n) is 8.56. The molecule has 3 atom stereocenters. The molecule has 0 bridgehead atoms. The molecule has 1 amide bonds. The molecule has 1 aromatic heterocycles. The normalized spacial score (nSPS) is 30.7. The van der Waals surface area contributed by atoms with Gasteiger partial charge in [-0.3, -0.25) is 4.79 Å². The number of carboxylic acids is 1. The van der Waals surface area contributed by atoms with Gasteiger partial charge in [0.1, 0.15) is 21.5 Å². The first-order valence-corrected chi connectivity index (χ1v) is 9.38. The highest BCUT2D eigenvalue weighted by Gasteiger charge is 2.66. The minimum Gasteiger partial charge on any atom is -0.479 e. The topological polar surface area (TPSA) is 97.8 Å². The number of hydrogen-bond donors (Lipinski definition) is 2. The van der Waals surface area contributed by atoms with Crippen molar-refractivity contribution in [2.45, 2.75) is 57.8 Å². The number of thiazole rings is 1. The van der Waals surface area contributed by atoms with Crippen molar-refractivity contribution in [2.24, 2.45) is 5.41 Å². The first kappa shape index (κ1) is 18.3. The molecular formula is C17H24N2O5S. The lowest BCUT2D eigenvalue weighted by atomic mass is 9.54. The van der Waals surface area contributed by atoms with Gasteiger partial charge in [0.2, 0.25) is 0 Å². The van der Waals surface area contributed by atoms with Crippen LogP contribution in [0.2, 0.25) is 0 Å². The van der Waals surface area contributed by atoms with Crippen molar-refractivity contribution in [1.82, 2.24) is 10.3 Å². The number of nitrogens with one attached hydrogen (secondary N) is 1. The lowest BCUT2D eigenvalue weighted by Crippen LogP contribution is -2.76. The number of rotatable bonds is 6. The second-order valence-electron chi connectivity index (χ2n) is 7.10. The lowest BCUT2D eigenvalue weighted by molar-refractivity contribution is -0.190. The van der Waals surface area contributed by atoms with Gasteiger partial charge in [0.25, 0.3) is 5.91 Å². The molecule has 25 heavy (non-hydrogen) atoms. The highest BCUT2D eigenvalue weighted by atomic mass is 32.1. The molecule has 2 N–H and O–H groups in total. The molecule has 1 saturated carbocycles. The van der Waals surface area contributed by atoms with Crippen molar-refractivity contribution in [3.05, 3.63) is 16.1 Å². The van der Waals surface area contributed by atoms with E-state index in [1.807, 2.05) is 20.8 Å². The molecule has 1 saturated heterocycles. The van der Waals surface area contributed by atoms with E-state index >= 15 is 0 Å². The van der Waals surface area contributed by atoms with E-state index in [9.17, 15) is 14.7 Å². The van der Waals surface area contributed by atoms with Gasteiger partial charge in [-0.15, -0.1) is 11.3 Å². The fourth-order valence-corrected chi connectivity index (χ4v) is 4.50. The Morgan fingerprint density at radius 2 is 2.28 bits per heavy atom. The van der Waals surface area contributed by atoms with Crippen LogP contribution in [0.3, 0.4) is 0 Å². The molecule has 8 heteroatoms. The fourth-order valence-electron chi connectivity index (χ4n) is 3.61.